The first-order chi connectivity index (χ1) is 8.58. The molecule has 3 fully saturated rings. The Hall–Kier alpha value is -0.0400. The Balaban J connectivity index is 1.66. The first-order valence-electron chi connectivity index (χ1n) is 8.34. The molecule has 0 bridgehead atoms. The zero-order chi connectivity index (χ0) is 12.8. The van der Waals surface area contributed by atoms with Gasteiger partial charge in [-0.1, -0.05) is 27.2 Å². The minimum Gasteiger partial charge on any atom is -0.312 e. The van der Waals surface area contributed by atoms with Gasteiger partial charge >= 0.3 is 0 Å². The van der Waals surface area contributed by atoms with E-state index in [1.807, 2.05) is 0 Å². The molecule has 0 aromatic rings. The molecule has 0 aromatic carbocycles. The first kappa shape index (κ1) is 13.0. The van der Waals surface area contributed by atoms with E-state index in [0.717, 1.165) is 29.2 Å². The van der Waals surface area contributed by atoms with Crippen molar-refractivity contribution < 1.29 is 0 Å². The molecule has 0 amide bonds. The molecule has 0 spiro atoms. The summed E-state index contributed by atoms with van der Waals surface area (Å²) in [6.45, 7) is 7.18. The largest absolute Gasteiger partial charge is 0.312 e. The molecule has 5 unspecified atom stereocenters. The molecule has 0 saturated heterocycles. The summed E-state index contributed by atoms with van der Waals surface area (Å²) in [5.41, 5.74) is 0.736. The van der Waals surface area contributed by atoms with Crippen molar-refractivity contribution in [3.63, 3.8) is 0 Å². The third-order valence-corrected chi connectivity index (χ3v) is 6.37. The second kappa shape index (κ2) is 4.81. The minimum absolute atomic E-state index is 0.659. The maximum absolute atomic E-state index is 3.78. The number of nitrogens with one attached hydrogen (secondary N) is 1. The average molecular weight is 249 g/mol. The van der Waals surface area contributed by atoms with Crippen molar-refractivity contribution >= 4 is 0 Å². The molecule has 1 heteroatoms. The molecule has 5 atom stereocenters. The van der Waals surface area contributed by atoms with E-state index in [-0.39, 0.29) is 0 Å². The van der Waals surface area contributed by atoms with Crippen LogP contribution in [0.15, 0.2) is 0 Å². The van der Waals surface area contributed by atoms with Gasteiger partial charge in [0.05, 0.1) is 0 Å². The summed E-state index contributed by atoms with van der Waals surface area (Å²) >= 11 is 0. The summed E-state index contributed by atoms with van der Waals surface area (Å²) in [7, 11) is 0. The van der Waals surface area contributed by atoms with Crippen LogP contribution in [0.25, 0.3) is 0 Å². The van der Waals surface area contributed by atoms with Gasteiger partial charge < -0.3 is 5.32 Å². The van der Waals surface area contributed by atoms with Crippen molar-refractivity contribution in [2.75, 3.05) is 0 Å². The second-order valence-electron chi connectivity index (χ2n) is 7.95. The standard InChI is InChI=1S/C17H31N/c1-12(2)18-14-6-7-15-13(11-14)8-10-17(3)9-4-5-16(15)17/h12-16,18H,4-11H2,1-3H3. The van der Waals surface area contributed by atoms with Crippen LogP contribution in [-0.4, -0.2) is 12.1 Å². The van der Waals surface area contributed by atoms with Gasteiger partial charge in [-0.3, -0.25) is 0 Å². The topological polar surface area (TPSA) is 12.0 Å². The molecule has 1 N–H and O–H groups in total. The van der Waals surface area contributed by atoms with Gasteiger partial charge in [0, 0.05) is 12.1 Å². The predicted octanol–water partition coefficient (Wildman–Crippen LogP) is 4.37. The van der Waals surface area contributed by atoms with E-state index in [2.05, 4.69) is 26.1 Å². The van der Waals surface area contributed by atoms with Gasteiger partial charge in [-0.2, -0.15) is 0 Å². The Morgan fingerprint density at radius 1 is 1.06 bits per heavy atom. The van der Waals surface area contributed by atoms with E-state index in [1.54, 1.807) is 6.42 Å². The highest BCUT2D eigenvalue weighted by atomic mass is 14.9. The number of fused-ring (bicyclic) bond motifs is 3. The Labute approximate surface area is 113 Å². The molecule has 18 heavy (non-hydrogen) atoms. The summed E-state index contributed by atoms with van der Waals surface area (Å²) < 4.78 is 0. The van der Waals surface area contributed by atoms with Crippen LogP contribution >= 0.6 is 0 Å². The maximum atomic E-state index is 3.78. The number of hydrogen-bond acceptors (Lipinski definition) is 1. The zero-order valence-corrected chi connectivity index (χ0v) is 12.5. The fraction of sp³-hybridized carbons (Fsp3) is 1.00. The van der Waals surface area contributed by atoms with Crippen molar-refractivity contribution in [1.82, 2.24) is 5.32 Å². The maximum Gasteiger partial charge on any atom is 0.00722 e. The molecule has 104 valence electrons. The molecule has 0 heterocycles. The van der Waals surface area contributed by atoms with Crippen LogP contribution in [0.1, 0.15) is 72.1 Å². The fourth-order valence-corrected chi connectivity index (χ4v) is 5.59. The monoisotopic (exact) mass is 249 g/mol. The van der Waals surface area contributed by atoms with Crippen LogP contribution in [-0.2, 0) is 0 Å². The van der Waals surface area contributed by atoms with Gasteiger partial charge in [-0.05, 0) is 68.1 Å². The van der Waals surface area contributed by atoms with Crippen LogP contribution in [0.3, 0.4) is 0 Å². The van der Waals surface area contributed by atoms with Crippen LogP contribution in [0, 0.1) is 23.2 Å². The molecule has 3 aliphatic carbocycles. The van der Waals surface area contributed by atoms with Crippen LogP contribution in [0.5, 0.6) is 0 Å². The van der Waals surface area contributed by atoms with Crippen LogP contribution in [0.2, 0.25) is 0 Å². The molecular weight excluding hydrogens is 218 g/mol. The van der Waals surface area contributed by atoms with Gasteiger partial charge in [-0.15, -0.1) is 0 Å². The quantitative estimate of drug-likeness (QED) is 0.766. The lowest BCUT2D eigenvalue weighted by molar-refractivity contribution is 0.00596. The van der Waals surface area contributed by atoms with E-state index in [1.165, 1.54) is 44.9 Å². The third kappa shape index (κ3) is 2.24. The predicted molar refractivity (Wildman–Crippen MR) is 77.6 cm³/mol. The Bertz CT molecular complexity index is 298. The lowest BCUT2D eigenvalue weighted by Gasteiger charge is -2.50. The Kier molecular flexibility index (Phi) is 3.47. The van der Waals surface area contributed by atoms with Crippen molar-refractivity contribution in [3.05, 3.63) is 0 Å². The van der Waals surface area contributed by atoms with Gasteiger partial charge in [-0.25, -0.2) is 0 Å². The SMILES string of the molecule is CC(C)NC1CCC2C(CCC3(C)CCCC23)C1. The highest BCUT2D eigenvalue weighted by Gasteiger charge is 2.49. The Morgan fingerprint density at radius 2 is 1.89 bits per heavy atom. The molecule has 3 aliphatic rings. The molecule has 0 aromatic heterocycles. The van der Waals surface area contributed by atoms with E-state index in [0.29, 0.717) is 6.04 Å². The lowest BCUT2D eigenvalue weighted by Crippen LogP contribution is -2.46. The van der Waals surface area contributed by atoms with Gasteiger partial charge in [0.1, 0.15) is 0 Å². The molecule has 1 nitrogen and oxygen atoms in total. The van der Waals surface area contributed by atoms with Crippen molar-refractivity contribution in [3.8, 4) is 0 Å². The number of rotatable bonds is 2. The fourth-order valence-electron chi connectivity index (χ4n) is 5.59. The smallest absolute Gasteiger partial charge is 0.00722 e. The third-order valence-electron chi connectivity index (χ3n) is 6.37. The van der Waals surface area contributed by atoms with Gasteiger partial charge in [0.15, 0.2) is 0 Å². The second-order valence-corrected chi connectivity index (χ2v) is 7.95. The van der Waals surface area contributed by atoms with E-state index < -0.39 is 0 Å². The highest BCUT2D eigenvalue weighted by Crippen LogP contribution is 2.59. The van der Waals surface area contributed by atoms with Crippen LogP contribution < -0.4 is 5.32 Å². The molecule has 3 saturated carbocycles. The minimum atomic E-state index is 0.659. The Morgan fingerprint density at radius 3 is 2.67 bits per heavy atom. The van der Waals surface area contributed by atoms with Crippen molar-refractivity contribution in [2.45, 2.75) is 84.2 Å². The molecular formula is C17H31N. The summed E-state index contributed by atoms with van der Waals surface area (Å²) in [6, 6.07) is 1.48. The molecule has 3 rings (SSSR count). The molecule has 0 radical (unpaired) electrons. The lowest BCUT2D eigenvalue weighted by atomic mass is 9.56. The number of hydrogen-bond donors (Lipinski definition) is 1. The molecule has 0 aliphatic heterocycles. The van der Waals surface area contributed by atoms with Gasteiger partial charge in [0.2, 0.25) is 0 Å². The normalized spacial score (nSPS) is 48.0. The van der Waals surface area contributed by atoms with Gasteiger partial charge in [0.25, 0.3) is 0 Å². The summed E-state index contributed by atoms with van der Waals surface area (Å²) in [5.74, 6) is 3.21. The van der Waals surface area contributed by atoms with E-state index in [4.69, 9.17) is 0 Å². The summed E-state index contributed by atoms with van der Waals surface area (Å²) in [6.07, 6.45) is 12.0. The van der Waals surface area contributed by atoms with Crippen LogP contribution in [0.4, 0.5) is 0 Å². The average Bonchev–Trinajstić information content (AvgIpc) is 2.70. The van der Waals surface area contributed by atoms with E-state index in [9.17, 15) is 0 Å². The summed E-state index contributed by atoms with van der Waals surface area (Å²) in [4.78, 5) is 0. The summed E-state index contributed by atoms with van der Waals surface area (Å²) in [5, 5.41) is 3.78. The van der Waals surface area contributed by atoms with E-state index >= 15 is 0 Å². The van der Waals surface area contributed by atoms with Crippen molar-refractivity contribution in [1.29, 1.82) is 0 Å². The highest BCUT2D eigenvalue weighted by molar-refractivity contribution is 5.00. The zero-order valence-electron chi connectivity index (χ0n) is 12.5. The first-order valence-corrected chi connectivity index (χ1v) is 8.34. The van der Waals surface area contributed by atoms with Crippen molar-refractivity contribution in [2.24, 2.45) is 23.2 Å².